The fourth-order valence-corrected chi connectivity index (χ4v) is 3.63. The van der Waals surface area contributed by atoms with Crippen LogP contribution in [0.1, 0.15) is 39.2 Å². The molecule has 1 N–H and O–H groups in total. The summed E-state index contributed by atoms with van der Waals surface area (Å²) in [5.74, 6) is -0.549. The minimum atomic E-state index is -0.286. The molecule has 0 aliphatic carbocycles. The second-order valence-corrected chi connectivity index (χ2v) is 7.46. The molecular formula is C28H24N2O2. The summed E-state index contributed by atoms with van der Waals surface area (Å²) in [4.78, 5) is 28.6. The summed E-state index contributed by atoms with van der Waals surface area (Å²) in [6.07, 6.45) is 0. The largest absolute Gasteiger partial charge is 0.345 e. The van der Waals surface area contributed by atoms with E-state index in [9.17, 15) is 9.59 Å². The number of amides is 2. The van der Waals surface area contributed by atoms with Crippen molar-refractivity contribution in [3.8, 4) is 0 Å². The van der Waals surface area contributed by atoms with E-state index in [0.717, 1.165) is 16.9 Å². The van der Waals surface area contributed by atoms with E-state index >= 15 is 0 Å². The number of hydrogen-bond donors (Lipinski definition) is 1. The number of anilines is 2. The lowest BCUT2D eigenvalue weighted by Crippen LogP contribution is -2.31. The fourth-order valence-electron chi connectivity index (χ4n) is 3.63. The SMILES string of the molecule is C[C@@H](NC(=O)c1ccccc1C(=O)N(c1ccccc1)c1ccccc1)c1ccccc1. The number of rotatable bonds is 6. The maximum absolute atomic E-state index is 13.8. The van der Waals surface area contributed by atoms with Crippen molar-refractivity contribution in [2.75, 3.05) is 4.90 Å². The molecule has 4 heteroatoms. The molecule has 0 aromatic heterocycles. The standard InChI is InChI=1S/C28H24N2O2/c1-21(22-13-5-2-6-14-22)29-27(31)25-19-11-12-20-26(25)28(32)30(23-15-7-3-8-16-23)24-17-9-4-10-18-24/h2-21H,1H3,(H,29,31)/t21-/m1/s1. The molecule has 0 bridgehead atoms. The van der Waals surface area contributed by atoms with E-state index in [4.69, 9.17) is 0 Å². The average molecular weight is 421 g/mol. The van der Waals surface area contributed by atoms with Crippen molar-refractivity contribution in [2.24, 2.45) is 0 Å². The molecule has 2 amide bonds. The first-order valence-electron chi connectivity index (χ1n) is 10.5. The third-order valence-corrected chi connectivity index (χ3v) is 5.28. The van der Waals surface area contributed by atoms with E-state index < -0.39 is 0 Å². The highest BCUT2D eigenvalue weighted by Crippen LogP contribution is 2.28. The first-order chi connectivity index (χ1) is 15.6. The van der Waals surface area contributed by atoms with Gasteiger partial charge in [-0.1, -0.05) is 78.9 Å². The highest BCUT2D eigenvalue weighted by atomic mass is 16.2. The van der Waals surface area contributed by atoms with Crippen molar-refractivity contribution in [1.82, 2.24) is 5.32 Å². The zero-order valence-electron chi connectivity index (χ0n) is 17.8. The number of benzene rings is 4. The Balaban J connectivity index is 1.68. The molecule has 0 aliphatic heterocycles. The fraction of sp³-hybridized carbons (Fsp3) is 0.0714. The molecule has 0 saturated heterocycles. The Labute approximate surface area is 188 Å². The molecule has 0 saturated carbocycles. The van der Waals surface area contributed by atoms with Crippen molar-refractivity contribution >= 4 is 23.2 Å². The Morgan fingerprint density at radius 3 is 1.59 bits per heavy atom. The third-order valence-electron chi connectivity index (χ3n) is 5.28. The van der Waals surface area contributed by atoms with Gasteiger partial charge >= 0.3 is 0 Å². The van der Waals surface area contributed by atoms with Crippen molar-refractivity contribution in [1.29, 1.82) is 0 Å². The van der Waals surface area contributed by atoms with Crippen LogP contribution in [0.2, 0.25) is 0 Å². The van der Waals surface area contributed by atoms with Gasteiger partial charge in [-0.2, -0.15) is 0 Å². The normalized spacial score (nSPS) is 11.4. The van der Waals surface area contributed by atoms with Crippen molar-refractivity contribution in [2.45, 2.75) is 13.0 Å². The molecule has 1 atom stereocenters. The molecule has 4 rings (SSSR count). The molecular weight excluding hydrogens is 396 g/mol. The predicted octanol–water partition coefficient (Wildman–Crippen LogP) is 6.16. The predicted molar refractivity (Wildman–Crippen MR) is 128 cm³/mol. The Bertz CT molecular complexity index is 1150. The van der Waals surface area contributed by atoms with Crippen molar-refractivity contribution in [3.05, 3.63) is 132 Å². The van der Waals surface area contributed by atoms with E-state index in [0.29, 0.717) is 11.1 Å². The van der Waals surface area contributed by atoms with E-state index in [-0.39, 0.29) is 17.9 Å². The molecule has 158 valence electrons. The van der Waals surface area contributed by atoms with Gasteiger partial charge in [0.05, 0.1) is 17.2 Å². The maximum atomic E-state index is 13.8. The van der Waals surface area contributed by atoms with Crippen LogP contribution in [0.4, 0.5) is 11.4 Å². The smallest absolute Gasteiger partial charge is 0.263 e. The van der Waals surface area contributed by atoms with Gasteiger partial charge in [0.15, 0.2) is 0 Å². The van der Waals surface area contributed by atoms with Crippen LogP contribution in [-0.2, 0) is 0 Å². The highest BCUT2D eigenvalue weighted by molar-refractivity contribution is 6.16. The number of para-hydroxylation sites is 2. The Hall–Kier alpha value is -4.18. The lowest BCUT2D eigenvalue weighted by atomic mass is 10.0. The average Bonchev–Trinajstić information content (AvgIpc) is 2.86. The highest BCUT2D eigenvalue weighted by Gasteiger charge is 2.25. The van der Waals surface area contributed by atoms with Crippen LogP contribution < -0.4 is 10.2 Å². The van der Waals surface area contributed by atoms with E-state index in [1.807, 2.05) is 97.9 Å². The zero-order chi connectivity index (χ0) is 22.3. The van der Waals surface area contributed by atoms with Gasteiger partial charge < -0.3 is 5.32 Å². The topological polar surface area (TPSA) is 49.4 Å². The summed E-state index contributed by atoms with van der Waals surface area (Å²) < 4.78 is 0. The Morgan fingerprint density at radius 1 is 0.625 bits per heavy atom. The van der Waals surface area contributed by atoms with Crippen LogP contribution in [-0.4, -0.2) is 11.8 Å². The molecule has 4 nitrogen and oxygen atoms in total. The second kappa shape index (κ2) is 9.75. The Morgan fingerprint density at radius 2 is 1.06 bits per heavy atom. The number of nitrogens with zero attached hydrogens (tertiary/aromatic N) is 1. The molecule has 32 heavy (non-hydrogen) atoms. The molecule has 0 heterocycles. The van der Waals surface area contributed by atoms with E-state index in [1.165, 1.54) is 0 Å². The molecule has 4 aromatic rings. The first kappa shape index (κ1) is 21.1. The lowest BCUT2D eigenvalue weighted by Gasteiger charge is -2.24. The minimum absolute atomic E-state index is 0.189. The molecule has 4 aromatic carbocycles. The summed E-state index contributed by atoms with van der Waals surface area (Å²) in [5, 5.41) is 3.02. The molecule has 0 spiro atoms. The number of carbonyl (C=O) groups is 2. The van der Waals surface area contributed by atoms with Crippen LogP contribution in [0.15, 0.2) is 115 Å². The summed E-state index contributed by atoms with van der Waals surface area (Å²) in [6, 6.07) is 35.4. The van der Waals surface area contributed by atoms with Crippen LogP contribution in [0.5, 0.6) is 0 Å². The lowest BCUT2D eigenvalue weighted by molar-refractivity contribution is 0.0924. The van der Waals surface area contributed by atoms with E-state index in [2.05, 4.69) is 5.32 Å². The summed E-state index contributed by atoms with van der Waals surface area (Å²) in [5.41, 5.74) is 3.16. The minimum Gasteiger partial charge on any atom is -0.345 e. The van der Waals surface area contributed by atoms with Gasteiger partial charge in [0.1, 0.15) is 0 Å². The zero-order valence-corrected chi connectivity index (χ0v) is 17.8. The number of carbonyl (C=O) groups excluding carboxylic acids is 2. The van der Waals surface area contributed by atoms with Gasteiger partial charge in [-0.15, -0.1) is 0 Å². The molecule has 0 unspecified atom stereocenters. The molecule has 0 aliphatic rings. The van der Waals surface area contributed by atoms with Crippen LogP contribution >= 0.6 is 0 Å². The summed E-state index contributed by atoms with van der Waals surface area (Å²) >= 11 is 0. The van der Waals surface area contributed by atoms with Crippen LogP contribution in [0.25, 0.3) is 0 Å². The maximum Gasteiger partial charge on any atom is 0.263 e. The molecule has 0 radical (unpaired) electrons. The number of nitrogens with one attached hydrogen (secondary N) is 1. The monoisotopic (exact) mass is 420 g/mol. The van der Waals surface area contributed by atoms with Gasteiger partial charge in [0.25, 0.3) is 11.8 Å². The molecule has 0 fully saturated rings. The number of hydrogen-bond acceptors (Lipinski definition) is 2. The van der Waals surface area contributed by atoms with Gasteiger partial charge in [-0.3, -0.25) is 14.5 Å². The van der Waals surface area contributed by atoms with Gasteiger partial charge in [0.2, 0.25) is 0 Å². The van der Waals surface area contributed by atoms with Gasteiger partial charge in [-0.25, -0.2) is 0 Å². The van der Waals surface area contributed by atoms with Crippen LogP contribution in [0.3, 0.4) is 0 Å². The summed E-state index contributed by atoms with van der Waals surface area (Å²) in [6.45, 7) is 1.93. The first-order valence-corrected chi connectivity index (χ1v) is 10.5. The van der Waals surface area contributed by atoms with Gasteiger partial charge in [0, 0.05) is 11.4 Å². The van der Waals surface area contributed by atoms with Gasteiger partial charge in [-0.05, 0) is 48.9 Å². The van der Waals surface area contributed by atoms with Crippen molar-refractivity contribution in [3.63, 3.8) is 0 Å². The Kier molecular flexibility index (Phi) is 6.42. The van der Waals surface area contributed by atoms with E-state index in [1.54, 1.807) is 29.2 Å². The van der Waals surface area contributed by atoms with Crippen LogP contribution in [0, 0.1) is 0 Å². The quantitative estimate of drug-likeness (QED) is 0.406. The second-order valence-electron chi connectivity index (χ2n) is 7.46. The van der Waals surface area contributed by atoms with Crippen molar-refractivity contribution < 1.29 is 9.59 Å². The summed E-state index contributed by atoms with van der Waals surface area (Å²) in [7, 11) is 0. The third kappa shape index (κ3) is 4.60.